The average molecular weight is 146 g/mol. The Hall–Kier alpha value is 0.310. The van der Waals surface area contributed by atoms with Crippen molar-refractivity contribution in [3.05, 3.63) is 0 Å². The van der Waals surface area contributed by atoms with E-state index >= 15 is 0 Å². The van der Waals surface area contributed by atoms with Gasteiger partial charge in [0, 0.05) is 11.0 Å². The van der Waals surface area contributed by atoms with E-state index in [1.165, 1.54) is 5.75 Å². The molecule has 0 amide bonds. The summed E-state index contributed by atoms with van der Waals surface area (Å²) in [6.45, 7) is 2.11. The van der Waals surface area contributed by atoms with E-state index < -0.39 is 0 Å². The second kappa shape index (κ2) is 3.47. The van der Waals surface area contributed by atoms with Crippen molar-refractivity contribution in [3.8, 4) is 0 Å². The molecule has 9 heavy (non-hydrogen) atoms. The minimum Gasteiger partial charge on any atom is -0.393 e. The molecule has 0 bridgehead atoms. The monoisotopic (exact) mass is 146 g/mol. The minimum atomic E-state index is -0.0185. The largest absolute Gasteiger partial charge is 0.393 e. The molecule has 1 N–H and O–H groups in total. The van der Waals surface area contributed by atoms with Gasteiger partial charge in [0.2, 0.25) is 0 Å². The number of rotatable bonds is 4. The Morgan fingerprint density at radius 3 is 2.89 bits per heavy atom. The lowest BCUT2D eigenvalue weighted by molar-refractivity contribution is 0.156. The normalized spacial score (nSPS) is 28.0. The summed E-state index contributed by atoms with van der Waals surface area (Å²) < 4.78 is 0. The molecule has 1 aliphatic rings. The molecule has 0 aromatic rings. The van der Waals surface area contributed by atoms with E-state index in [9.17, 15) is 5.11 Å². The topological polar surface area (TPSA) is 20.2 Å². The summed E-state index contributed by atoms with van der Waals surface area (Å²) in [6, 6.07) is 0. The number of thioether (sulfide) groups is 1. The van der Waals surface area contributed by atoms with Gasteiger partial charge in [-0.15, -0.1) is 0 Å². The van der Waals surface area contributed by atoms with Crippen LogP contribution in [0.1, 0.15) is 26.2 Å². The lowest BCUT2D eigenvalue weighted by atomic mass is 10.1. The summed E-state index contributed by atoms with van der Waals surface area (Å²) in [5, 5.41) is 10.0. The van der Waals surface area contributed by atoms with Crippen LogP contribution in [0.15, 0.2) is 0 Å². The van der Waals surface area contributed by atoms with Gasteiger partial charge >= 0.3 is 0 Å². The van der Waals surface area contributed by atoms with Gasteiger partial charge in [0.1, 0.15) is 0 Å². The van der Waals surface area contributed by atoms with Crippen molar-refractivity contribution in [2.24, 2.45) is 0 Å². The maximum Gasteiger partial charge on any atom is 0.0551 e. The first-order valence-corrected chi connectivity index (χ1v) is 4.67. The molecule has 1 rings (SSSR count). The molecule has 2 heteroatoms. The van der Waals surface area contributed by atoms with Crippen molar-refractivity contribution in [1.82, 2.24) is 0 Å². The number of hydrogen-bond acceptors (Lipinski definition) is 2. The van der Waals surface area contributed by atoms with Crippen molar-refractivity contribution in [1.29, 1.82) is 0 Å². The fraction of sp³-hybridized carbons (Fsp3) is 1.00. The minimum absolute atomic E-state index is 0.0185. The van der Waals surface area contributed by atoms with Crippen LogP contribution in [0.2, 0.25) is 0 Å². The van der Waals surface area contributed by atoms with E-state index in [0.717, 1.165) is 24.5 Å². The van der Waals surface area contributed by atoms with Crippen molar-refractivity contribution in [3.63, 3.8) is 0 Å². The van der Waals surface area contributed by atoms with Crippen molar-refractivity contribution < 1.29 is 5.11 Å². The van der Waals surface area contributed by atoms with E-state index in [1.54, 1.807) is 0 Å². The SMILES string of the molecule is CCCC(O)CC1CS1. The predicted molar refractivity (Wildman–Crippen MR) is 41.8 cm³/mol. The zero-order chi connectivity index (χ0) is 6.69. The van der Waals surface area contributed by atoms with Gasteiger partial charge in [-0.1, -0.05) is 13.3 Å². The summed E-state index contributed by atoms with van der Waals surface area (Å²) in [4.78, 5) is 0. The Labute approximate surface area is 60.8 Å². The molecule has 1 fully saturated rings. The molecule has 0 aliphatic carbocycles. The van der Waals surface area contributed by atoms with Gasteiger partial charge < -0.3 is 5.11 Å². The lowest BCUT2D eigenvalue weighted by Gasteiger charge is -2.05. The molecule has 0 spiro atoms. The highest BCUT2D eigenvalue weighted by molar-refractivity contribution is 8.06. The Morgan fingerprint density at radius 2 is 2.44 bits per heavy atom. The zero-order valence-electron chi connectivity index (χ0n) is 5.84. The van der Waals surface area contributed by atoms with Gasteiger partial charge in [0.05, 0.1) is 6.10 Å². The van der Waals surface area contributed by atoms with Gasteiger partial charge in [-0.2, -0.15) is 11.8 Å². The van der Waals surface area contributed by atoms with E-state index in [4.69, 9.17) is 0 Å². The predicted octanol–water partition coefficient (Wildman–Crippen LogP) is 1.65. The Bertz CT molecular complexity index is 81.0. The molecule has 1 aliphatic heterocycles. The highest BCUT2D eigenvalue weighted by Gasteiger charge is 2.24. The van der Waals surface area contributed by atoms with Gasteiger partial charge in [-0.05, 0) is 12.8 Å². The molecular weight excluding hydrogens is 132 g/mol. The maximum absolute atomic E-state index is 9.25. The quantitative estimate of drug-likeness (QED) is 0.609. The number of aliphatic hydroxyl groups excluding tert-OH is 1. The van der Waals surface area contributed by atoms with E-state index in [0.29, 0.717) is 0 Å². The summed E-state index contributed by atoms with van der Waals surface area (Å²) in [7, 11) is 0. The Kier molecular flexibility index (Phi) is 2.86. The first kappa shape index (κ1) is 7.42. The first-order chi connectivity index (χ1) is 4.33. The molecule has 2 unspecified atom stereocenters. The van der Waals surface area contributed by atoms with Crippen LogP contribution in [0.4, 0.5) is 0 Å². The summed E-state index contributed by atoms with van der Waals surface area (Å²) in [6.07, 6.45) is 3.10. The van der Waals surface area contributed by atoms with Crippen LogP contribution >= 0.6 is 11.8 Å². The molecule has 1 heterocycles. The summed E-state index contributed by atoms with van der Waals surface area (Å²) in [5.41, 5.74) is 0. The molecule has 2 atom stereocenters. The third kappa shape index (κ3) is 3.11. The molecule has 0 saturated carbocycles. The highest BCUT2D eigenvalue weighted by atomic mass is 32.2. The van der Waals surface area contributed by atoms with Crippen molar-refractivity contribution >= 4 is 11.8 Å². The van der Waals surface area contributed by atoms with Crippen LogP contribution in [0, 0.1) is 0 Å². The van der Waals surface area contributed by atoms with E-state index in [2.05, 4.69) is 6.92 Å². The highest BCUT2D eigenvalue weighted by Crippen LogP contribution is 2.34. The fourth-order valence-corrected chi connectivity index (χ4v) is 1.59. The van der Waals surface area contributed by atoms with Gasteiger partial charge in [0.25, 0.3) is 0 Å². The second-order valence-electron chi connectivity index (χ2n) is 2.63. The third-order valence-corrected chi connectivity index (χ3v) is 2.56. The lowest BCUT2D eigenvalue weighted by Crippen LogP contribution is -2.08. The third-order valence-electron chi connectivity index (χ3n) is 1.56. The number of hydrogen-bond donors (Lipinski definition) is 1. The Morgan fingerprint density at radius 1 is 1.78 bits per heavy atom. The standard InChI is InChI=1S/C7H14OS/c1-2-3-6(8)4-7-5-9-7/h6-8H,2-5H2,1H3. The molecule has 0 aromatic heterocycles. The van der Waals surface area contributed by atoms with Crippen molar-refractivity contribution in [2.45, 2.75) is 37.5 Å². The van der Waals surface area contributed by atoms with Crippen LogP contribution < -0.4 is 0 Å². The first-order valence-electron chi connectivity index (χ1n) is 3.62. The smallest absolute Gasteiger partial charge is 0.0551 e. The van der Waals surface area contributed by atoms with Gasteiger partial charge in [-0.25, -0.2) is 0 Å². The maximum atomic E-state index is 9.25. The van der Waals surface area contributed by atoms with Crippen LogP contribution in [0.25, 0.3) is 0 Å². The molecular formula is C7H14OS. The molecule has 54 valence electrons. The fourth-order valence-electron chi connectivity index (χ4n) is 0.959. The molecule has 0 radical (unpaired) electrons. The van der Waals surface area contributed by atoms with Crippen LogP contribution in [-0.4, -0.2) is 22.2 Å². The van der Waals surface area contributed by atoms with Gasteiger partial charge in [0.15, 0.2) is 0 Å². The zero-order valence-corrected chi connectivity index (χ0v) is 6.66. The summed E-state index contributed by atoms with van der Waals surface area (Å²) >= 11 is 1.96. The van der Waals surface area contributed by atoms with Crippen LogP contribution in [0.3, 0.4) is 0 Å². The molecule has 0 aromatic carbocycles. The van der Waals surface area contributed by atoms with Gasteiger partial charge in [-0.3, -0.25) is 0 Å². The second-order valence-corrected chi connectivity index (χ2v) is 3.97. The molecule has 1 nitrogen and oxygen atoms in total. The average Bonchev–Trinajstić information content (AvgIpc) is 2.50. The van der Waals surface area contributed by atoms with Crippen molar-refractivity contribution in [2.75, 3.05) is 5.75 Å². The molecule has 1 saturated heterocycles. The number of aliphatic hydroxyl groups is 1. The van der Waals surface area contributed by atoms with E-state index in [1.807, 2.05) is 11.8 Å². The van der Waals surface area contributed by atoms with Crippen LogP contribution in [0.5, 0.6) is 0 Å². The summed E-state index contributed by atoms with van der Waals surface area (Å²) in [5.74, 6) is 1.28. The Balaban J connectivity index is 1.95. The van der Waals surface area contributed by atoms with E-state index in [-0.39, 0.29) is 6.10 Å². The van der Waals surface area contributed by atoms with Crippen LogP contribution in [-0.2, 0) is 0 Å².